The minimum Gasteiger partial charge on any atom is -0.339 e. The lowest BCUT2D eigenvalue weighted by Gasteiger charge is -2.41. The lowest BCUT2D eigenvalue weighted by molar-refractivity contribution is 0.153. The second-order valence-corrected chi connectivity index (χ2v) is 6.51. The van der Waals surface area contributed by atoms with E-state index in [1.54, 1.807) is 0 Å². The molecule has 3 nitrogen and oxygen atoms in total. The molecule has 1 heterocycles. The van der Waals surface area contributed by atoms with Crippen LogP contribution >= 0.6 is 12.2 Å². The van der Waals surface area contributed by atoms with Gasteiger partial charge in [-0.25, -0.2) is 0 Å². The Morgan fingerprint density at radius 3 is 2.48 bits per heavy atom. The average Bonchev–Trinajstić information content (AvgIpc) is 2.57. The van der Waals surface area contributed by atoms with E-state index >= 15 is 0 Å². The van der Waals surface area contributed by atoms with Crippen LogP contribution in [0.15, 0.2) is 54.6 Å². The molecule has 1 fully saturated rings. The summed E-state index contributed by atoms with van der Waals surface area (Å²) in [6.45, 7) is 5.05. The number of nitrogens with one attached hydrogen (secondary N) is 1. The first-order valence-corrected chi connectivity index (χ1v) is 8.43. The fourth-order valence-corrected chi connectivity index (χ4v) is 3.35. The van der Waals surface area contributed by atoms with E-state index in [2.05, 4.69) is 71.6 Å². The Morgan fingerprint density at radius 2 is 1.74 bits per heavy atom. The van der Waals surface area contributed by atoms with Crippen molar-refractivity contribution < 1.29 is 0 Å². The molecule has 1 saturated heterocycles. The highest BCUT2D eigenvalue weighted by Crippen LogP contribution is 2.26. The third-order valence-corrected chi connectivity index (χ3v) is 4.75. The van der Waals surface area contributed by atoms with Crippen LogP contribution in [0.4, 0.5) is 5.69 Å². The molecule has 2 aromatic carbocycles. The van der Waals surface area contributed by atoms with E-state index < -0.39 is 0 Å². The molecular weight excluding hydrogens is 302 g/mol. The summed E-state index contributed by atoms with van der Waals surface area (Å²) >= 11 is 5.73. The molecule has 120 valence electrons. The number of rotatable bonds is 2. The molecular formula is C19H23N3S. The zero-order valence-corrected chi connectivity index (χ0v) is 14.5. The van der Waals surface area contributed by atoms with E-state index in [0.717, 1.165) is 30.4 Å². The van der Waals surface area contributed by atoms with E-state index in [1.165, 1.54) is 11.1 Å². The predicted octanol–water partition coefficient (Wildman–Crippen LogP) is 3.68. The Morgan fingerprint density at radius 1 is 1.04 bits per heavy atom. The molecule has 0 bridgehead atoms. The van der Waals surface area contributed by atoms with Gasteiger partial charge in [0.25, 0.3) is 0 Å². The van der Waals surface area contributed by atoms with Crippen molar-refractivity contribution in [1.82, 2.24) is 9.80 Å². The minimum absolute atomic E-state index is 0.291. The number of hydrogen-bond acceptors (Lipinski definition) is 2. The highest BCUT2D eigenvalue weighted by atomic mass is 32.1. The molecule has 1 atom stereocenters. The number of nitrogens with zero attached hydrogens (tertiary/aromatic N) is 2. The van der Waals surface area contributed by atoms with E-state index in [4.69, 9.17) is 12.2 Å². The highest BCUT2D eigenvalue weighted by Gasteiger charge is 2.28. The number of hydrogen-bond donors (Lipinski definition) is 1. The smallest absolute Gasteiger partial charge is 0.174 e. The molecule has 0 aromatic heterocycles. The molecule has 4 heteroatoms. The Labute approximate surface area is 143 Å². The largest absolute Gasteiger partial charge is 0.339 e. The van der Waals surface area contributed by atoms with Gasteiger partial charge >= 0.3 is 0 Å². The SMILES string of the molecule is Cc1ccccc1NC(=S)N1CCN(C)C[C@H]1c1ccccc1. The lowest BCUT2D eigenvalue weighted by atomic mass is 10.0. The zero-order valence-electron chi connectivity index (χ0n) is 13.7. The Bertz CT molecular complexity index is 671. The standard InChI is InChI=1S/C19H23N3S/c1-15-8-6-7-11-17(15)20-19(23)22-13-12-21(2)14-18(22)16-9-4-3-5-10-16/h3-11,18H,12-14H2,1-2H3,(H,20,23)/t18-/m0/s1. The molecule has 0 aliphatic carbocycles. The van der Waals surface area contributed by atoms with Crippen LogP contribution in [0.3, 0.4) is 0 Å². The fraction of sp³-hybridized carbons (Fsp3) is 0.316. The van der Waals surface area contributed by atoms with Crippen molar-refractivity contribution in [3.8, 4) is 0 Å². The number of piperazine rings is 1. The average molecular weight is 325 g/mol. The third kappa shape index (κ3) is 3.71. The van der Waals surface area contributed by atoms with Crippen LogP contribution in [-0.2, 0) is 0 Å². The highest BCUT2D eigenvalue weighted by molar-refractivity contribution is 7.80. The van der Waals surface area contributed by atoms with Crippen LogP contribution in [0.5, 0.6) is 0 Å². The van der Waals surface area contributed by atoms with Gasteiger partial charge in [0, 0.05) is 25.3 Å². The summed E-state index contributed by atoms with van der Waals surface area (Å²) in [6.07, 6.45) is 0. The van der Waals surface area contributed by atoms with Gasteiger partial charge in [-0.2, -0.15) is 0 Å². The minimum atomic E-state index is 0.291. The van der Waals surface area contributed by atoms with Crippen LogP contribution in [0.25, 0.3) is 0 Å². The quantitative estimate of drug-likeness (QED) is 0.849. The van der Waals surface area contributed by atoms with Crippen LogP contribution in [0.2, 0.25) is 0 Å². The summed E-state index contributed by atoms with van der Waals surface area (Å²) < 4.78 is 0. The first kappa shape index (κ1) is 16.0. The molecule has 2 aromatic rings. The number of benzene rings is 2. The van der Waals surface area contributed by atoms with Crippen molar-refractivity contribution >= 4 is 23.0 Å². The normalized spacial score (nSPS) is 18.7. The summed E-state index contributed by atoms with van der Waals surface area (Å²) in [5.41, 5.74) is 3.61. The van der Waals surface area contributed by atoms with Gasteiger partial charge < -0.3 is 15.1 Å². The Balaban J connectivity index is 1.81. The number of thiocarbonyl (C=S) groups is 1. The topological polar surface area (TPSA) is 18.5 Å². The van der Waals surface area contributed by atoms with Crippen LogP contribution in [-0.4, -0.2) is 41.6 Å². The summed E-state index contributed by atoms with van der Waals surface area (Å²) in [7, 11) is 2.17. The Hall–Kier alpha value is -1.91. The van der Waals surface area contributed by atoms with Crippen molar-refractivity contribution in [1.29, 1.82) is 0 Å². The van der Waals surface area contributed by atoms with Gasteiger partial charge in [0.1, 0.15) is 0 Å². The van der Waals surface area contributed by atoms with Gasteiger partial charge in [-0.1, -0.05) is 48.5 Å². The summed E-state index contributed by atoms with van der Waals surface area (Å²) in [5.74, 6) is 0. The molecule has 1 aliphatic heterocycles. The van der Waals surface area contributed by atoms with Gasteiger partial charge in [-0.15, -0.1) is 0 Å². The zero-order chi connectivity index (χ0) is 16.2. The second-order valence-electron chi connectivity index (χ2n) is 6.13. The third-order valence-electron chi connectivity index (χ3n) is 4.42. The molecule has 0 spiro atoms. The van der Waals surface area contributed by atoms with E-state index in [-0.39, 0.29) is 0 Å². The monoisotopic (exact) mass is 325 g/mol. The maximum absolute atomic E-state index is 5.73. The van der Waals surface area contributed by atoms with Crippen LogP contribution in [0, 0.1) is 6.92 Å². The first-order chi connectivity index (χ1) is 11.1. The van der Waals surface area contributed by atoms with Gasteiger partial charge in [0.2, 0.25) is 0 Å². The van der Waals surface area contributed by atoms with E-state index in [1.807, 2.05) is 12.1 Å². The van der Waals surface area contributed by atoms with Crippen molar-refractivity contribution in [2.24, 2.45) is 0 Å². The second kappa shape index (κ2) is 7.11. The summed E-state index contributed by atoms with van der Waals surface area (Å²) in [6, 6.07) is 19.2. The summed E-state index contributed by atoms with van der Waals surface area (Å²) in [5, 5.41) is 4.24. The number of aryl methyl sites for hydroxylation is 1. The van der Waals surface area contributed by atoms with Crippen molar-refractivity contribution in [3.05, 3.63) is 65.7 Å². The van der Waals surface area contributed by atoms with Crippen molar-refractivity contribution in [2.45, 2.75) is 13.0 Å². The number of likely N-dealkylation sites (N-methyl/N-ethyl adjacent to an activating group) is 1. The van der Waals surface area contributed by atoms with Gasteiger partial charge in [0.15, 0.2) is 5.11 Å². The van der Waals surface area contributed by atoms with E-state index in [0.29, 0.717) is 6.04 Å². The predicted molar refractivity (Wildman–Crippen MR) is 101 cm³/mol. The maximum Gasteiger partial charge on any atom is 0.174 e. The summed E-state index contributed by atoms with van der Waals surface area (Å²) in [4.78, 5) is 4.68. The van der Waals surface area contributed by atoms with Gasteiger partial charge in [-0.3, -0.25) is 0 Å². The lowest BCUT2D eigenvalue weighted by Crippen LogP contribution is -2.50. The van der Waals surface area contributed by atoms with E-state index in [9.17, 15) is 0 Å². The fourth-order valence-electron chi connectivity index (χ4n) is 3.02. The molecule has 23 heavy (non-hydrogen) atoms. The van der Waals surface area contributed by atoms with Gasteiger partial charge in [0.05, 0.1) is 6.04 Å². The molecule has 0 radical (unpaired) electrons. The molecule has 0 saturated carbocycles. The Kier molecular flexibility index (Phi) is 4.94. The van der Waals surface area contributed by atoms with Crippen molar-refractivity contribution in [3.63, 3.8) is 0 Å². The first-order valence-electron chi connectivity index (χ1n) is 8.02. The van der Waals surface area contributed by atoms with Crippen molar-refractivity contribution in [2.75, 3.05) is 32.0 Å². The molecule has 1 N–H and O–H groups in total. The molecule has 1 aliphatic rings. The van der Waals surface area contributed by atoms with Crippen LogP contribution in [0.1, 0.15) is 17.2 Å². The molecule has 0 unspecified atom stereocenters. The number of para-hydroxylation sites is 1. The van der Waals surface area contributed by atoms with Crippen LogP contribution < -0.4 is 5.32 Å². The molecule has 3 rings (SSSR count). The number of anilines is 1. The molecule has 0 amide bonds. The maximum atomic E-state index is 5.73. The van der Waals surface area contributed by atoms with Gasteiger partial charge in [-0.05, 0) is 43.4 Å².